The summed E-state index contributed by atoms with van der Waals surface area (Å²) in [6.07, 6.45) is 7.19. The van der Waals surface area contributed by atoms with Crippen molar-refractivity contribution in [1.29, 1.82) is 0 Å². The van der Waals surface area contributed by atoms with Gasteiger partial charge in [-0.05, 0) is 68.5 Å². The van der Waals surface area contributed by atoms with Gasteiger partial charge in [0.15, 0.2) is 11.7 Å². The summed E-state index contributed by atoms with van der Waals surface area (Å²) < 4.78 is 57.3. The molecule has 4 aromatic rings. The van der Waals surface area contributed by atoms with Crippen LogP contribution in [0.4, 0.5) is 15.6 Å². The number of aromatic nitrogens is 4. The van der Waals surface area contributed by atoms with E-state index < -0.39 is 5.91 Å². The number of amides is 6. The fourth-order valence-corrected chi connectivity index (χ4v) is 11.5. The predicted molar refractivity (Wildman–Crippen MR) is 315 cm³/mol. The summed E-state index contributed by atoms with van der Waals surface area (Å²) in [6, 6.07) is 10.3. The van der Waals surface area contributed by atoms with E-state index in [1.165, 1.54) is 17.4 Å². The van der Waals surface area contributed by atoms with E-state index in [-0.39, 0.29) is 65.9 Å². The fourth-order valence-electron chi connectivity index (χ4n) is 8.96. The Balaban J connectivity index is 0.646. The number of carbonyl (C=O) groups is 5. The minimum absolute atomic E-state index is 0.0287. The number of urea groups is 1. The first-order valence-corrected chi connectivity index (χ1v) is 30.8. The molecule has 2 aromatic carbocycles. The number of rotatable bonds is 42. The number of nitrogens with one attached hydrogen (secondary N) is 5. The molecule has 0 spiro atoms. The first-order valence-electron chi connectivity index (χ1n) is 28.5. The van der Waals surface area contributed by atoms with Gasteiger partial charge in [0.2, 0.25) is 11.8 Å². The Morgan fingerprint density at radius 3 is 2.13 bits per heavy atom. The largest absolute Gasteiger partial charge is 0.497 e. The molecule has 6 amide bonds. The average molecular weight is 1230 g/mol. The summed E-state index contributed by atoms with van der Waals surface area (Å²) in [7, 11) is 1.56. The molecule has 2 aromatic heterocycles. The van der Waals surface area contributed by atoms with Gasteiger partial charge in [0.25, 0.3) is 11.8 Å². The second-order valence-corrected chi connectivity index (χ2v) is 22.1. The molecule has 5 N–H and O–H groups in total. The number of halogens is 1. The van der Waals surface area contributed by atoms with E-state index in [1.807, 2.05) is 18.0 Å². The number of thiazole rings is 1. The van der Waals surface area contributed by atoms with Crippen LogP contribution in [-0.2, 0) is 65.2 Å². The molecule has 3 aliphatic heterocycles. The molecule has 84 heavy (non-hydrogen) atoms. The van der Waals surface area contributed by atoms with Crippen LogP contribution in [0.3, 0.4) is 0 Å². The molecule has 28 heteroatoms. The lowest BCUT2D eigenvalue weighted by molar-refractivity contribution is -0.137. The first kappa shape index (κ1) is 65.8. The Hall–Kier alpha value is -5.72. The van der Waals surface area contributed by atoms with Gasteiger partial charge in [0.05, 0.1) is 154 Å². The van der Waals surface area contributed by atoms with Gasteiger partial charge < -0.3 is 73.5 Å². The standard InChI is InChI=1S/C56H79ClN10O15S2/c1-73-42-11-12-43(44(57)35-42)46-38-84-56(61-46)63-54(71)40-10-13-48(82-37-52(70)66-15-19-75-20-16-66)45(34-40)59-51(69)9-4-2-6-41-36-67(65-64-41)17-21-76-23-25-78-27-29-80-31-33-81-32-30-79-28-26-77-24-22-74-18-14-58-50(68)8-5-3-7-49-53-47(39-83-49)60-55(72)62-53/h10-13,34-36,38,47,49,53H,2-9,14-33,37,39H2,1H3,(H,58,68)(H,59,69)(H2,60,62,72)(H,61,63,71)/t47-,49+,53-/m1/s1. The highest BCUT2D eigenvalue weighted by Gasteiger charge is 2.42. The van der Waals surface area contributed by atoms with Crippen LogP contribution in [0.1, 0.15) is 61.0 Å². The molecule has 0 bridgehead atoms. The minimum atomic E-state index is -0.457. The monoisotopic (exact) mass is 1230 g/mol. The van der Waals surface area contributed by atoms with Crippen LogP contribution < -0.4 is 36.1 Å². The summed E-state index contributed by atoms with van der Waals surface area (Å²) in [4.78, 5) is 69.5. The van der Waals surface area contributed by atoms with Gasteiger partial charge in [-0.2, -0.15) is 11.8 Å². The van der Waals surface area contributed by atoms with E-state index in [9.17, 15) is 24.0 Å². The van der Waals surface area contributed by atoms with Crippen LogP contribution in [0, 0.1) is 0 Å². The molecule has 3 saturated heterocycles. The zero-order valence-corrected chi connectivity index (χ0v) is 50.0. The van der Waals surface area contributed by atoms with Gasteiger partial charge >= 0.3 is 6.03 Å². The van der Waals surface area contributed by atoms with Crippen molar-refractivity contribution in [2.24, 2.45) is 0 Å². The summed E-state index contributed by atoms with van der Waals surface area (Å²) in [5, 5.41) is 26.0. The van der Waals surface area contributed by atoms with Gasteiger partial charge in [-0.15, -0.1) is 16.4 Å². The van der Waals surface area contributed by atoms with Crippen molar-refractivity contribution in [3.05, 3.63) is 64.3 Å². The number of methoxy groups -OCH3 is 1. The van der Waals surface area contributed by atoms with Crippen molar-refractivity contribution in [2.45, 2.75) is 75.2 Å². The average Bonchev–Trinajstić information content (AvgIpc) is 4.31. The van der Waals surface area contributed by atoms with Crippen molar-refractivity contribution in [3.63, 3.8) is 0 Å². The van der Waals surface area contributed by atoms with Crippen molar-refractivity contribution < 1.29 is 71.3 Å². The first-order chi connectivity index (χ1) is 41.1. The highest BCUT2D eigenvalue weighted by atomic mass is 35.5. The normalized spacial score (nSPS) is 16.5. The molecule has 5 heterocycles. The third-order valence-electron chi connectivity index (χ3n) is 13.4. The van der Waals surface area contributed by atoms with Crippen LogP contribution in [0.5, 0.6) is 11.5 Å². The molecule has 25 nitrogen and oxygen atoms in total. The molecule has 462 valence electrons. The quantitative estimate of drug-likeness (QED) is 0.0292. The van der Waals surface area contributed by atoms with Crippen molar-refractivity contribution in [2.75, 3.05) is 155 Å². The second kappa shape index (κ2) is 37.7. The Kier molecular flexibility index (Phi) is 29.5. The van der Waals surface area contributed by atoms with E-state index in [1.54, 1.807) is 52.4 Å². The van der Waals surface area contributed by atoms with Crippen molar-refractivity contribution in [3.8, 4) is 22.8 Å². The molecule has 3 fully saturated rings. The van der Waals surface area contributed by atoms with Gasteiger partial charge in [-0.25, -0.2) is 14.5 Å². The molecule has 0 unspecified atom stereocenters. The number of morpholine rings is 1. The van der Waals surface area contributed by atoms with E-state index in [0.29, 0.717) is 190 Å². The van der Waals surface area contributed by atoms with Crippen LogP contribution in [0.25, 0.3) is 11.3 Å². The summed E-state index contributed by atoms with van der Waals surface area (Å²) in [5.41, 5.74) is 2.56. The molecular formula is C56H79ClN10O15S2. The number of benzene rings is 2. The van der Waals surface area contributed by atoms with Gasteiger partial charge in [0.1, 0.15) is 11.5 Å². The van der Waals surface area contributed by atoms with Gasteiger partial charge in [0, 0.05) is 66.2 Å². The number of aryl methyl sites for hydroxylation is 1. The van der Waals surface area contributed by atoms with E-state index in [0.717, 1.165) is 30.7 Å². The number of hydrogen-bond donors (Lipinski definition) is 5. The number of fused-ring (bicyclic) bond motifs is 1. The number of anilines is 2. The summed E-state index contributed by atoms with van der Waals surface area (Å²) in [6.45, 7) is 8.72. The predicted octanol–water partition coefficient (Wildman–Crippen LogP) is 4.86. The van der Waals surface area contributed by atoms with Gasteiger partial charge in [-0.1, -0.05) is 23.2 Å². The number of carbonyl (C=O) groups excluding carboxylic acids is 5. The van der Waals surface area contributed by atoms with Crippen LogP contribution >= 0.6 is 34.7 Å². The lowest BCUT2D eigenvalue weighted by Crippen LogP contribution is -2.43. The van der Waals surface area contributed by atoms with Crippen LogP contribution in [0.2, 0.25) is 5.02 Å². The zero-order chi connectivity index (χ0) is 59.0. The van der Waals surface area contributed by atoms with Crippen LogP contribution in [-0.4, -0.2) is 217 Å². The molecule has 3 atom stereocenters. The van der Waals surface area contributed by atoms with Crippen LogP contribution in [0.15, 0.2) is 48.0 Å². The lowest BCUT2D eigenvalue weighted by atomic mass is 10.0. The number of nitrogens with zero attached hydrogens (tertiary/aromatic N) is 5. The summed E-state index contributed by atoms with van der Waals surface area (Å²) >= 11 is 9.59. The third-order valence-corrected chi connectivity index (χ3v) is 16.0. The fraction of sp³-hybridized carbons (Fsp3) is 0.607. The number of ether oxygens (including phenoxy) is 10. The molecule has 0 aliphatic carbocycles. The molecule has 7 rings (SSSR count). The number of unbranched alkanes of at least 4 members (excludes halogenated alkanes) is 2. The highest BCUT2D eigenvalue weighted by Crippen LogP contribution is 2.35. The zero-order valence-electron chi connectivity index (χ0n) is 47.6. The Bertz CT molecular complexity index is 2650. The highest BCUT2D eigenvalue weighted by molar-refractivity contribution is 8.00. The third kappa shape index (κ3) is 23.6. The molecule has 0 saturated carbocycles. The maximum atomic E-state index is 13.5. The maximum Gasteiger partial charge on any atom is 0.315 e. The molecule has 3 aliphatic rings. The topological polar surface area (TPSA) is 285 Å². The Morgan fingerprint density at radius 2 is 1.44 bits per heavy atom. The van der Waals surface area contributed by atoms with Crippen molar-refractivity contribution in [1.82, 2.24) is 40.8 Å². The Morgan fingerprint density at radius 1 is 0.774 bits per heavy atom. The molecule has 0 radical (unpaired) electrons. The van der Waals surface area contributed by atoms with Crippen molar-refractivity contribution >= 4 is 75.2 Å². The summed E-state index contributed by atoms with van der Waals surface area (Å²) in [5.74, 6) is 0.876. The maximum absolute atomic E-state index is 13.5. The van der Waals surface area contributed by atoms with E-state index in [2.05, 4.69) is 41.9 Å². The number of thioether (sulfide) groups is 1. The second-order valence-electron chi connectivity index (χ2n) is 19.6. The smallest absolute Gasteiger partial charge is 0.315 e. The van der Waals surface area contributed by atoms with E-state index in [4.69, 9.17) is 59.0 Å². The minimum Gasteiger partial charge on any atom is -0.497 e. The number of hydrogen-bond acceptors (Lipinski definition) is 20. The lowest BCUT2D eigenvalue weighted by Gasteiger charge is -2.26. The SMILES string of the molecule is COc1ccc(-c2csc(NC(=O)c3ccc(OCC(=O)N4CCOCC4)c(NC(=O)CCCCc4cn(CCOCCOCCOCCOCCOCCOCCOCCNC(=O)CCCC[C@@H]5SC[C@H]6NC(=O)N[C@@H]56)nn4)c3)n2)c(Cl)c1. The Labute approximate surface area is 502 Å². The van der Waals surface area contributed by atoms with Gasteiger partial charge in [-0.3, -0.25) is 24.5 Å². The molecular weight excluding hydrogens is 1150 g/mol. The van der Waals surface area contributed by atoms with E-state index >= 15 is 0 Å².